The van der Waals surface area contributed by atoms with Crippen molar-refractivity contribution >= 4 is 11.0 Å². The Kier molecular flexibility index (Phi) is 4.54. The van der Waals surface area contributed by atoms with Crippen molar-refractivity contribution in [2.75, 3.05) is 6.54 Å². The smallest absolute Gasteiger partial charge is 0.134 e. The first-order valence-electron chi connectivity index (χ1n) is 7.66. The number of benzene rings is 1. The summed E-state index contributed by atoms with van der Waals surface area (Å²) in [6.07, 6.45) is 1.14. The number of nitrogens with one attached hydrogen (secondary N) is 1. The fraction of sp³-hybridized carbons (Fsp3) is 0.556. The highest BCUT2D eigenvalue weighted by atomic mass is 16.3. The average Bonchev–Trinajstić information content (AvgIpc) is 2.79. The minimum Gasteiger partial charge on any atom is -0.460 e. The maximum Gasteiger partial charge on any atom is 0.134 e. The van der Waals surface area contributed by atoms with E-state index in [9.17, 15) is 0 Å². The highest BCUT2D eigenvalue weighted by Crippen LogP contribution is 2.30. The SMILES string of the molecule is CCC(C)(C)c1ccc2oc(CNCC(C)C)cc2c1. The van der Waals surface area contributed by atoms with Gasteiger partial charge in [-0.1, -0.05) is 40.7 Å². The summed E-state index contributed by atoms with van der Waals surface area (Å²) in [6, 6.07) is 8.74. The van der Waals surface area contributed by atoms with Crippen molar-refractivity contribution in [2.24, 2.45) is 5.92 Å². The normalized spacial score (nSPS) is 12.5. The molecule has 0 aliphatic rings. The lowest BCUT2D eigenvalue weighted by Crippen LogP contribution is -2.18. The molecule has 1 aromatic carbocycles. The quantitative estimate of drug-likeness (QED) is 0.812. The molecule has 0 fully saturated rings. The van der Waals surface area contributed by atoms with Crippen molar-refractivity contribution in [2.45, 2.75) is 53.0 Å². The zero-order valence-corrected chi connectivity index (χ0v) is 13.4. The molecule has 1 N–H and O–H groups in total. The van der Waals surface area contributed by atoms with Gasteiger partial charge in [0.15, 0.2) is 0 Å². The number of fused-ring (bicyclic) bond motifs is 1. The van der Waals surface area contributed by atoms with E-state index in [1.807, 2.05) is 0 Å². The van der Waals surface area contributed by atoms with Crippen molar-refractivity contribution in [1.82, 2.24) is 5.32 Å². The Morgan fingerprint density at radius 2 is 1.95 bits per heavy atom. The van der Waals surface area contributed by atoms with Crippen LogP contribution in [-0.4, -0.2) is 6.54 Å². The Hall–Kier alpha value is -1.28. The predicted molar refractivity (Wildman–Crippen MR) is 86.1 cm³/mol. The molecular weight excluding hydrogens is 246 g/mol. The lowest BCUT2D eigenvalue weighted by Gasteiger charge is -2.23. The molecule has 0 amide bonds. The molecule has 20 heavy (non-hydrogen) atoms. The maximum atomic E-state index is 5.89. The molecule has 2 rings (SSSR count). The third kappa shape index (κ3) is 3.43. The van der Waals surface area contributed by atoms with Crippen molar-refractivity contribution in [3.8, 4) is 0 Å². The molecule has 2 heteroatoms. The Balaban J connectivity index is 2.17. The summed E-state index contributed by atoms with van der Waals surface area (Å²) < 4.78 is 5.89. The maximum absolute atomic E-state index is 5.89. The van der Waals surface area contributed by atoms with Crippen LogP contribution in [0, 0.1) is 5.92 Å². The van der Waals surface area contributed by atoms with E-state index in [2.05, 4.69) is 64.2 Å². The van der Waals surface area contributed by atoms with E-state index in [0.717, 1.165) is 30.9 Å². The number of hydrogen-bond donors (Lipinski definition) is 1. The van der Waals surface area contributed by atoms with E-state index in [1.54, 1.807) is 0 Å². The molecule has 0 aliphatic heterocycles. The second-order valence-corrected chi connectivity index (χ2v) is 6.73. The van der Waals surface area contributed by atoms with Gasteiger partial charge >= 0.3 is 0 Å². The van der Waals surface area contributed by atoms with Gasteiger partial charge in [-0.2, -0.15) is 0 Å². The van der Waals surface area contributed by atoms with E-state index < -0.39 is 0 Å². The molecule has 0 radical (unpaired) electrons. The molecule has 0 spiro atoms. The zero-order valence-electron chi connectivity index (χ0n) is 13.4. The highest BCUT2D eigenvalue weighted by molar-refractivity contribution is 5.79. The lowest BCUT2D eigenvalue weighted by atomic mass is 9.82. The van der Waals surface area contributed by atoms with Gasteiger partial charge in [-0.15, -0.1) is 0 Å². The van der Waals surface area contributed by atoms with E-state index in [4.69, 9.17) is 4.42 Å². The topological polar surface area (TPSA) is 25.2 Å². The first-order valence-corrected chi connectivity index (χ1v) is 7.66. The second kappa shape index (κ2) is 6.01. The first kappa shape index (κ1) is 15.1. The van der Waals surface area contributed by atoms with Crippen LogP contribution in [0.4, 0.5) is 0 Å². The van der Waals surface area contributed by atoms with E-state index in [0.29, 0.717) is 5.92 Å². The molecule has 1 heterocycles. The van der Waals surface area contributed by atoms with Crippen LogP contribution in [0.3, 0.4) is 0 Å². The van der Waals surface area contributed by atoms with Crippen LogP contribution in [0.15, 0.2) is 28.7 Å². The molecule has 0 aliphatic carbocycles. The van der Waals surface area contributed by atoms with Gasteiger partial charge in [0.25, 0.3) is 0 Å². The minimum atomic E-state index is 0.224. The van der Waals surface area contributed by atoms with Crippen molar-refractivity contribution < 1.29 is 4.42 Å². The van der Waals surface area contributed by atoms with Crippen LogP contribution in [0.5, 0.6) is 0 Å². The Morgan fingerprint density at radius 3 is 2.60 bits per heavy atom. The van der Waals surface area contributed by atoms with Gasteiger partial charge in [0, 0.05) is 5.39 Å². The number of furan rings is 1. The standard InChI is InChI=1S/C18H27NO/c1-6-18(4,5)15-7-8-17-14(9-15)10-16(20-17)12-19-11-13(2)3/h7-10,13,19H,6,11-12H2,1-5H3. The Bertz CT molecular complexity index is 566. The number of rotatable bonds is 6. The molecule has 0 saturated heterocycles. The summed E-state index contributed by atoms with van der Waals surface area (Å²) in [5.41, 5.74) is 2.60. The third-order valence-corrected chi connectivity index (χ3v) is 4.08. The zero-order chi connectivity index (χ0) is 14.8. The van der Waals surface area contributed by atoms with E-state index >= 15 is 0 Å². The summed E-state index contributed by atoms with van der Waals surface area (Å²) in [6.45, 7) is 13.1. The molecule has 1 aromatic heterocycles. The largest absolute Gasteiger partial charge is 0.460 e. The molecule has 0 unspecified atom stereocenters. The van der Waals surface area contributed by atoms with Crippen LogP contribution < -0.4 is 5.32 Å². The first-order chi connectivity index (χ1) is 9.42. The van der Waals surface area contributed by atoms with Crippen LogP contribution in [0.1, 0.15) is 52.4 Å². The van der Waals surface area contributed by atoms with Crippen molar-refractivity contribution in [3.05, 3.63) is 35.6 Å². The Morgan fingerprint density at radius 1 is 1.20 bits per heavy atom. The summed E-state index contributed by atoms with van der Waals surface area (Å²) in [5, 5.41) is 4.64. The van der Waals surface area contributed by atoms with Gasteiger partial charge in [0.1, 0.15) is 11.3 Å². The number of hydrogen-bond acceptors (Lipinski definition) is 2. The molecule has 2 nitrogen and oxygen atoms in total. The van der Waals surface area contributed by atoms with Crippen LogP contribution in [-0.2, 0) is 12.0 Å². The van der Waals surface area contributed by atoms with Gasteiger partial charge in [-0.25, -0.2) is 0 Å². The summed E-state index contributed by atoms with van der Waals surface area (Å²) in [4.78, 5) is 0. The minimum absolute atomic E-state index is 0.224. The monoisotopic (exact) mass is 273 g/mol. The van der Waals surface area contributed by atoms with Crippen LogP contribution in [0.2, 0.25) is 0 Å². The fourth-order valence-corrected chi connectivity index (χ4v) is 2.29. The molecule has 110 valence electrons. The van der Waals surface area contributed by atoms with E-state index in [1.165, 1.54) is 10.9 Å². The summed E-state index contributed by atoms with van der Waals surface area (Å²) in [5.74, 6) is 1.68. The molecule has 0 saturated carbocycles. The van der Waals surface area contributed by atoms with Crippen molar-refractivity contribution in [3.63, 3.8) is 0 Å². The van der Waals surface area contributed by atoms with Crippen LogP contribution >= 0.6 is 0 Å². The van der Waals surface area contributed by atoms with Crippen LogP contribution in [0.25, 0.3) is 11.0 Å². The van der Waals surface area contributed by atoms with E-state index in [-0.39, 0.29) is 5.41 Å². The molecule has 0 bridgehead atoms. The van der Waals surface area contributed by atoms with Gasteiger partial charge in [-0.3, -0.25) is 0 Å². The summed E-state index contributed by atoms with van der Waals surface area (Å²) >= 11 is 0. The lowest BCUT2D eigenvalue weighted by molar-refractivity contribution is 0.485. The highest BCUT2D eigenvalue weighted by Gasteiger charge is 2.18. The fourth-order valence-electron chi connectivity index (χ4n) is 2.29. The third-order valence-electron chi connectivity index (χ3n) is 4.08. The van der Waals surface area contributed by atoms with Gasteiger partial charge in [0.2, 0.25) is 0 Å². The van der Waals surface area contributed by atoms with Gasteiger partial charge in [-0.05, 0) is 48.1 Å². The van der Waals surface area contributed by atoms with Crippen molar-refractivity contribution in [1.29, 1.82) is 0 Å². The molecular formula is C18H27NO. The van der Waals surface area contributed by atoms with Gasteiger partial charge in [0.05, 0.1) is 6.54 Å². The summed E-state index contributed by atoms with van der Waals surface area (Å²) in [7, 11) is 0. The molecule has 2 aromatic rings. The molecule has 0 atom stereocenters. The van der Waals surface area contributed by atoms with Gasteiger partial charge < -0.3 is 9.73 Å². The second-order valence-electron chi connectivity index (χ2n) is 6.73. The predicted octanol–water partition coefficient (Wildman–Crippen LogP) is 4.87. The Labute approximate surface area is 122 Å². The average molecular weight is 273 g/mol.